The third-order valence-electron chi connectivity index (χ3n) is 5.92. The Morgan fingerprint density at radius 3 is 2.48 bits per heavy atom. The van der Waals surface area contributed by atoms with Crippen molar-refractivity contribution >= 4 is 22.4 Å². The lowest BCUT2D eigenvalue weighted by Crippen LogP contribution is -2.48. The molecule has 0 spiro atoms. The molecule has 1 N–H and O–H groups in total. The summed E-state index contributed by atoms with van der Waals surface area (Å²) in [6.45, 7) is 0. The van der Waals surface area contributed by atoms with Crippen molar-refractivity contribution in [3.05, 3.63) is 29.2 Å². The van der Waals surface area contributed by atoms with Crippen molar-refractivity contribution < 1.29 is 9.21 Å². The number of furan rings is 1. The molecule has 4 aliphatic rings. The highest BCUT2D eigenvalue weighted by Crippen LogP contribution is 2.61. The Kier molecular flexibility index (Phi) is 2.92. The van der Waals surface area contributed by atoms with Crippen LogP contribution >= 0.6 is 11.3 Å². The van der Waals surface area contributed by atoms with Gasteiger partial charge in [0.25, 0.3) is 5.91 Å². The van der Waals surface area contributed by atoms with Crippen LogP contribution in [0, 0.1) is 17.8 Å². The molecule has 2 aromatic rings. The molecule has 6 rings (SSSR count). The Bertz CT molecular complexity index is 702. The molecule has 4 aliphatic carbocycles. The molecule has 1 amide bonds. The van der Waals surface area contributed by atoms with Crippen LogP contribution in [0.25, 0.3) is 0 Å². The Hall–Kier alpha value is -1.69. The highest BCUT2D eigenvalue weighted by Gasteiger charge is 2.53. The van der Waals surface area contributed by atoms with Crippen LogP contribution in [0.2, 0.25) is 0 Å². The predicted octanol–water partition coefficient (Wildman–Crippen LogP) is 3.85. The molecule has 0 aromatic carbocycles. The summed E-state index contributed by atoms with van der Waals surface area (Å²) in [6.07, 6.45) is 11.0. The average Bonchev–Trinajstić information content (AvgIpc) is 3.17. The van der Waals surface area contributed by atoms with Crippen molar-refractivity contribution in [3.8, 4) is 0 Å². The number of amides is 1. The van der Waals surface area contributed by atoms with Gasteiger partial charge in [-0.2, -0.15) is 0 Å². The van der Waals surface area contributed by atoms with E-state index in [4.69, 9.17) is 4.42 Å². The van der Waals surface area contributed by atoms with E-state index in [1.54, 1.807) is 17.4 Å². The van der Waals surface area contributed by atoms with Crippen LogP contribution in [-0.2, 0) is 5.41 Å². The highest BCUT2D eigenvalue weighted by molar-refractivity contribution is 7.15. The van der Waals surface area contributed by atoms with Gasteiger partial charge in [-0.15, -0.1) is 10.2 Å². The lowest BCUT2D eigenvalue weighted by atomic mass is 9.50. The van der Waals surface area contributed by atoms with Crippen LogP contribution in [0.3, 0.4) is 0 Å². The number of hydrogen-bond donors (Lipinski definition) is 1. The fraction of sp³-hybridized carbons (Fsp3) is 0.588. The summed E-state index contributed by atoms with van der Waals surface area (Å²) in [6, 6.07) is 1.65. The van der Waals surface area contributed by atoms with Crippen molar-refractivity contribution in [2.45, 2.75) is 43.9 Å². The third-order valence-corrected chi connectivity index (χ3v) is 7.01. The van der Waals surface area contributed by atoms with Gasteiger partial charge in [-0.3, -0.25) is 10.1 Å². The number of carbonyl (C=O) groups is 1. The van der Waals surface area contributed by atoms with Crippen molar-refractivity contribution in [3.63, 3.8) is 0 Å². The molecule has 0 aliphatic heterocycles. The first-order valence-corrected chi connectivity index (χ1v) is 9.19. The molecular formula is C17H19N3O2S. The van der Waals surface area contributed by atoms with Crippen molar-refractivity contribution in [1.82, 2.24) is 10.2 Å². The first-order valence-electron chi connectivity index (χ1n) is 8.38. The van der Waals surface area contributed by atoms with Crippen molar-refractivity contribution in [2.75, 3.05) is 5.32 Å². The molecule has 0 saturated heterocycles. The smallest absolute Gasteiger partial charge is 0.260 e. The van der Waals surface area contributed by atoms with Crippen LogP contribution in [-0.4, -0.2) is 16.1 Å². The Morgan fingerprint density at radius 1 is 1.17 bits per heavy atom. The van der Waals surface area contributed by atoms with E-state index in [1.807, 2.05) is 0 Å². The van der Waals surface area contributed by atoms with Crippen LogP contribution in [0.4, 0.5) is 5.13 Å². The van der Waals surface area contributed by atoms with Crippen molar-refractivity contribution in [1.29, 1.82) is 0 Å². The second-order valence-electron chi connectivity index (χ2n) is 7.58. The third kappa shape index (κ3) is 2.23. The van der Waals surface area contributed by atoms with Gasteiger partial charge in [0.1, 0.15) is 11.3 Å². The summed E-state index contributed by atoms with van der Waals surface area (Å²) in [5, 5.41) is 13.3. The normalized spacial score (nSPS) is 34.7. The summed E-state index contributed by atoms with van der Waals surface area (Å²) in [4.78, 5) is 12.1. The summed E-state index contributed by atoms with van der Waals surface area (Å²) in [7, 11) is 0. The summed E-state index contributed by atoms with van der Waals surface area (Å²) >= 11 is 1.56. The van der Waals surface area contributed by atoms with Crippen LogP contribution in [0.15, 0.2) is 23.0 Å². The van der Waals surface area contributed by atoms with E-state index >= 15 is 0 Å². The van der Waals surface area contributed by atoms with Crippen LogP contribution in [0.1, 0.15) is 53.9 Å². The second-order valence-corrected chi connectivity index (χ2v) is 8.55. The molecule has 5 nitrogen and oxygen atoms in total. The van der Waals surface area contributed by atoms with Crippen molar-refractivity contribution in [2.24, 2.45) is 17.8 Å². The van der Waals surface area contributed by atoms with Gasteiger partial charge in [-0.1, -0.05) is 11.3 Å². The second kappa shape index (κ2) is 4.90. The molecule has 2 aromatic heterocycles. The SMILES string of the molecule is O=C(Nc1nnc(C23CC4CC(CC(C4)C2)C3)s1)c1ccoc1. The molecule has 4 fully saturated rings. The standard InChI is InChI=1S/C17H19N3O2S/c21-14(13-1-2-22-9-13)18-16-20-19-15(23-16)17-6-10-3-11(7-17)5-12(4-10)8-17/h1-2,9-12H,3-8H2,(H,18,20,21). The molecule has 4 saturated carbocycles. The quantitative estimate of drug-likeness (QED) is 0.928. The Balaban J connectivity index is 1.38. The van der Waals surface area contributed by atoms with E-state index in [1.165, 1.54) is 51.1 Å². The Morgan fingerprint density at radius 2 is 1.87 bits per heavy atom. The van der Waals surface area contributed by atoms with E-state index in [0.717, 1.165) is 22.8 Å². The predicted molar refractivity (Wildman–Crippen MR) is 86.4 cm³/mol. The van der Waals surface area contributed by atoms with Gasteiger partial charge in [0.15, 0.2) is 0 Å². The molecule has 0 radical (unpaired) electrons. The number of nitrogens with zero attached hydrogens (tertiary/aromatic N) is 2. The highest BCUT2D eigenvalue weighted by atomic mass is 32.1. The van der Waals surface area contributed by atoms with Gasteiger partial charge >= 0.3 is 0 Å². The fourth-order valence-electron chi connectivity index (χ4n) is 5.42. The van der Waals surface area contributed by atoms with E-state index in [2.05, 4.69) is 15.5 Å². The summed E-state index contributed by atoms with van der Waals surface area (Å²) in [5.74, 6) is 2.46. The number of nitrogens with one attached hydrogen (secondary N) is 1. The molecule has 120 valence electrons. The van der Waals surface area contributed by atoms with E-state index in [-0.39, 0.29) is 11.3 Å². The van der Waals surface area contributed by atoms with Gasteiger partial charge in [0.05, 0.1) is 11.8 Å². The van der Waals surface area contributed by atoms with Gasteiger partial charge < -0.3 is 4.42 Å². The van der Waals surface area contributed by atoms with Gasteiger partial charge in [0, 0.05) is 5.41 Å². The van der Waals surface area contributed by atoms with Gasteiger partial charge in [0.2, 0.25) is 5.13 Å². The molecule has 6 heteroatoms. The number of anilines is 1. The lowest BCUT2D eigenvalue weighted by molar-refractivity contribution is -0.00555. The number of rotatable bonds is 3. The van der Waals surface area contributed by atoms with E-state index in [0.29, 0.717) is 10.7 Å². The minimum absolute atomic E-state index is 0.188. The zero-order valence-corrected chi connectivity index (χ0v) is 13.6. The topological polar surface area (TPSA) is 68.0 Å². The fourth-order valence-corrected chi connectivity index (χ4v) is 6.38. The lowest BCUT2D eigenvalue weighted by Gasteiger charge is -2.55. The summed E-state index contributed by atoms with van der Waals surface area (Å²) in [5.41, 5.74) is 0.752. The van der Waals surface area contributed by atoms with Crippen LogP contribution < -0.4 is 5.32 Å². The molecule has 2 heterocycles. The van der Waals surface area contributed by atoms with Gasteiger partial charge in [-0.05, 0) is 62.3 Å². The van der Waals surface area contributed by atoms with Crippen LogP contribution in [0.5, 0.6) is 0 Å². The largest absolute Gasteiger partial charge is 0.472 e. The van der Waals surface area contributed by atoms with E-state index in [9.17, 15) is 4.79 Å². The minimum atomic E-state index is -0.188. The maximum absolute atomic E-state index is 12.1. The van der Waals surface area contributed by atoms with Gasteiger partial charge in [-0.25, -0.2) is 0 Å². The first-order chi connectivity index (χ1) is 11.2. The Labute approximate surface area is 138 Å². The number of hydrogen-bond acceptors (Lipinski definition) is 5. The zero-order valence-electron chi connectivity index (χ0n) is 12.8. The molecule has 0 unspecified atom stereocenters. The molecule has 23 heavy (non-hydrogen) atoms. The first kappa shape index (κ1) is 13.7. The maximum atomic E-state index is 12.1. The minimum Gasteiger partial charge on any atom is -0.472 e. The monoisotopic (exact) mass is 329 g/mol. The maximum Gasteiger partial charge on any atom is 0.260 e. The number of aromatic nitrogens is 2. The number of carbonyl (C=O) groups excluding carboxylic acids is 1. The molecule has 0 atom stereocenters. The zero-order chi connectivity index (χ0) is 15.4. The summed E-state index contributed by atoms with van der Waals surface area (Å²) < 4.78 is 4.95. The average molecular weight is 329 g/mol. The van der Waals surface area contributed by atoms with E-state index < -0.39 is 0 Å². The molecular weight excluding hydrogens is 310 g/mol. The molecule has 4 bridgehead atoms.